The van der Waals surface area contributed by atoms with E-state index in [-0.39, 0.29) is 11.8 Å². The molecule has 23 heavy (non-hydrogen) atoms. The predicted molar refractivity (Wildman–Crippen MR) is 91.5 cm³/mol. The molecule has 0 spiro atoms. The van der Waals surface area contributed by atoms with Crippen molar-refractivity contribution in [3.63, 3.8) is 0 Å². The summed E-state index contributed by atoms with van der Waals surface area (Å²) in [6.07, 6.45) is 1.97. The van der Waals surface area contributed by atoms with E-state index < -0.39 is 5.97 Å². The van der Waals surface area contributed by atoms with Crippen molar-refractivity contribution in [2.24, 2.45) is 11.8 Å². The first-order valence-corrected chi connectivity index (χ1v) is 8.92. The fraction of sp³-hybridized carbons (Fsp3) is 0.444. The molecular formula is C18H22N2O2S. The number of rotatable bonds is 6. The number of likely N-dealkylation sites (tertiary alicyclic amines) is 1. The van der Waals surface area contributed by atoms with E-state index in [0.717, 1.165) is 36.6 Å². The van der Waals surface area contributed by atoms with Crippen LogP contribution in [0.4, 0.5) is 0 Å². The van der Waals surface area contributed by atoms with Crippen LogP contribution in [-0.2, 0) is 24.2 Å². The van der Waals surface area contributed by atoms with Crippen molar-refractivity contribution in [3.8, 4) is 0 Å². The van der Waals surface area contributed by atoms with Crippen molar-refractivity contribution in [1.29, 1.82) is 0 Å². The largest absolute Gasteiger partial charge is 0.481 e. The molecule has 1 N–H and O–H groups in total. The Balaban J connectivity index is 1.53. The fourth-order valence-electron chi connectivity index (χ4n) is 3.18. The van der Waals surface area contributed by atoms with Gasteiger partial charge in [0.05, 0.1) is 16.6 Å². The Morgan fingerprint density at radius 3 is 2.78 bits per heavy atom. The Labute approximate surface area is 140 Å². The van der Waals surface area contributed by atoms with E-state index in [4.69, 9.17) is 4.98 Å². The van der Waals surface area contributed by atoms with E-state index in [2.05, 4.69) is 34.5 Å². The van der Waals surface area contributed by atoms with Crippen LogP contribution in [0.25, 0.3) is 0 Å². The Morgan fingerprint density at radius 2 is 2.09 bits per heavy atom. The first-order valence-electron chi connectivity index (χ1n) is 8.04. The highest BCUT2D eigenvalue weighted by atomic mass is 32.1. The first-order chi connectivity index (χ1) is 11.1. The Hall–Kier alpha value is -1.72. The molecule has 1 aromatic heterocycles. The molecule has 3 rings (SSSR count). The van der Waals surface area contributed by atoms with Gasteiger partial charge in [-0.05, 0) is 17.9 Å². The van der Waals surface area contributed by atoms with Crippen LogP contribution in [0.1, 0.15) is 23.2 Å². The van der Waals surface area contributed by atoms with Crippen molar-refractivity contribution in [2.75, 3.05) is 13.1 Å². The van der Waals surface area contributed by atoms with Crippen LogP contribution in [0.5, 0.6) is 0 Å². The third-order valence-corrected chi connectivity index (χ3v) is 5.42. The highest BCUT2D eigenvalue weighted by Gasteiger charge is 2.34. The van der Waals surface area contributed by atoms with Gasteiger partial charge in [-0.25, -0.2) is 4.98 Å². The minimum Gasteiger partial charge on any atom is -0.481 e. The summed E-state index contributed by atoms with van der Waals surface area (Å²) in [6.45, 7) is 4.25. The number of aryl methyl sites for hydroxylation is 2. The second-order valence-corrected chi connectivity index (χ2v) is 7.28. The van der Waals surface area contributed by atoms with Crippen molar-refractivity contribution in [1.82, 2.24) is 9.88 Å². The SMILES string of the molecule is C[C@@H]1CN(Cc2csc(CCc3ccccc3)n2)C[C@H]1C(=O)O. The molecule has 0 amide bonds. The summed E-state index contributed by atoms with van der Waals surface area (Å²) in [6, 6.07) is 10.5. The van der Waals surface area contributed by atoms with Gasteiger partial charge in [-0.1, -0.05) is 37.3 Å². The lowest BCUT2D eigenvalue weighted by Crippen LogP contribution is -2.23. The third kappa shape index (κ3) is 4.18. The first kappa shape index (κ1) is 16.1. The molecule has 2 atom stereocenters. The van der Waals surface area contributed by atoms with Gasteiger partial charge < -0.3 is 5.11 Å². The van der Waals surface area contributed by atoms with Gasteiger partial charge in [0, 0.05) is 31.4 Å². The van der Waals surface area contributed by atoms with Crippen LogP contribution in [0, 0.1) is 11.8 Å². The summed E-state index contributed by atoms with van der Waals surface area (Å²) < 4.78 is 0. The molecule has 0 unspecified atom stereocenters. The molecule has 2 heterocycles. The normalized spacial score (nSPS) is 21.6. The van der Waals surface area contributed by atoms with Crippen LogP contribution in [0.3, 0.4) is 0 Å². The molecule has 0 radical (unpaired) electrons. The Morgan fingerprint density at radius 1 is 1.30 bits per heavy atom. The van der Waals surface area contributed by atoms with Crippen LogP contribution < -0.4 is 0 Å². The Bertz CT molecular complexity index is 656. The summed E-state index contributed by atoms with van der Waals surface area (Å²) in [5.74, 6) is -0.711. The lowest BCUT2D eigenvalue weighted by Gasteiger charge is -2.13. The van der Waals surface area contributed by atoms with Crippen molar-refractivity contribution in [2.45, 2.75) is 26.3 Å². The van der Waals surface area contributed by atoms with Gasteiger partial charge in [-0.15, -0.1) is 11.3 Å². The van der Waals surface area contributed by atoms with Crippen LogP contribution in [0.2, 0.25) is 0 Å². The van der Waals surface area contributed by atoms with E-state index in [9.17, 15) is 9.90 Å². The molecule has 5 heteroatoms. The van der Waals surface area contributed by atoms with Gasteiger partial charge >= 0.3 is 5.97 Å². The monoisotopic (exact) mass is 330 g/mol. The predicted octanol–water partition coefficient (Wildman–Crippen LogP) is 3.08. The van der Waals surface area contributed by atoms with Gasteiger partial charge in [0.15, 0.2) is 0 Å². The lowest BCUT2D eigenvalue weighted by molar-refractivity contribution is -0.142. The van der Waals surface area contributed by atoms with Gasteiger partial charge in [0.1, 0.15) is 0 Å². The lowest BCUT2D eigenvalue weighted by atomic mass is 9.99. The van der Waals surface area contributed by atoms with Gasteiger partial charge in [0.2, 0.25) is 0 Å². The number of benzene rings is 1. The molecule has 4 nitrogen and oxygen atoms in total. The molecule has 0 aliphatic carbocycles. The zero-order chi connectivity index (χ0) is 16.2. The van der Waals surface area contributed by atoms with Gasteiger partial charge in [-0.3, -0.25) is 9.69 Å². The molecule has 1 aliphatic heterocycles. The number of carboxylic acid groups (broad SMARTS) is 1. The topological polar surface area (TPSA) is 53.4 Å². The average Bonchev–Trinajstić information content (AvgIpc) is 3.13. The second-order valence-electron chi connectivity index (χ2n) is 6.33. The summed E-state index contributed by atoms with van der Waals surface area (Å²) >= 11 is 1.71. The number of aliphatic carboxylic acids is 1. The highest BCUT2D eigenvalue weighted by molar-refractivity contribution is 7.09. The standard InChI is InChI=1S/C18H22N2O2S/c1-13-9-20(11-16(13)18(21)22)10-15-12-23-17(19-15)8-7-14-5-3-2-4-6-14/h2-6,12-13,16H,7-11H2,1H3,(H,21,22)/t13-,16-/m1/s1. The van der Waals surface area contributed by atoms with Crippen LogP contribution in [0.15, 0.2) is 35.7 Å². The highest BCUT2D eigenvalue weighted by Crippen LogP contribution is 2.25. The fourth-order valence-corrected chi connectivity index (χ4v) is 3.97. The van der Waals surface area contributed by atoms with Gasteiger partial charge in [-0.2, -0.15) is 0 Å². The maximum Gasteiger partial charge on any atom is 0.308 e. The summed E-state index contributed by atoms with van der Waals surface area (Å²) in [7, 11) is 0. The molecule has 1 aliphatic rings. The summed E-state index contributed by atoms with van der Waals surface area (Å²) in [5.41, 5.74) is 2.40. The molecule has 1 saturated heterocycles. The van der Waals surface area contributed by atoms with E-state index in [1.54, 1.807) is 11.3 Å². The molecular weight excluding hydrogens is 308 g/mol. The molecule has 122 valence electrons. The second kappa shape index (κ2) is 7.23. The zero-order valence-electron chi connectivity index (χ0n) is 13.3. The van der Waals surface area contributed by atoms with E-state index >= 15 is 0 Å². The molecule has 1 fully saturated rings. The maximum atomic E-state index is 11.2. The number of carbonyl (C=O) groups is 1. The van der Waals surface area contributed by atoms with E-state index in [0.29, 0.717) is 6.54 Å². The minimum absolute atomic E-state index is 0.212. The number of nitrogens with zero attached hydrogens (tertiary/aromatic N) is 2. The van der Waals surface area contributed by atoms with Crippen molar-refractivity contribution >= 4 is 17.3 Å². The molecule has 1 aromatic carbocycles. The quantitative estimate of drug-likeness (QED) is 0.884. The molecule has 2 aromatic rings. The van der Waals surface area contributed by atoms with Crippen molar-refractivity contribution < 1.29 is 9.90 Å². The summed E-state index contributed by atoms with van der Waals surface area (Å²) in [5, 5.41) is 12.5. The number of thiazole rings is 1. The van der Waals surface area contributed by atoms with E-state index in [1.807, 2.05) is 13.0 Å². The van der Waals surface area contributed by atoms with Crippen LogP contribution >= 0.6 is 11.3 Å². The number of hydrogen-bond acceptors (Lipinski definition) is 4. The zero-order valence-corrected chi connectivity index (χ0v) is 14.1. The van der Waals surface area contributed by atoms with E-state index in [1.165, 1.54) is 5.56 Å². The number of aromatic nitrogens is 1. The minimum atomic E-state index is -0.679. The average molecular weight is 330 g/mol. The maximum absolute atomic E-state index is 11.2. The molecule has 0 saturated carbocycles. The summed E-state index contributed by atoms with van der Waals surface area (Å²) in [4.78, 5) is 18.1. The number of hydrogen-bond donors (Lipinski definition) is 1. The van der Waals surface area contributed by atoms with Crippen molar-refractivity contribution in [3.05, 3.63) is 52.0 Å². The van der Waals surface area contributed by atoms with Gasteiger partial charge in [0.25, 0.3) is 0 Å². The number of carboxylic acids is 1. The Kier molecular flexibility index (Phi) is 5.08. The third-order valence-electron chi connectivity index (χ3n) is 4.46. The smallest absolute Gasteiger partial charge is 0.308 e. The van der Waals surface area contributed by atoms with Crippen LogP contribution in [-0.4, -0.2) is 34.0 Å². The molecule has 0 bridgehead atoms.